The average molecular weight is 315 g/mol. The Bertz CT molecular complexity index is 509. The summed E-state index contributed by atoms with van der Waals surface area (Å²) in [6.07, 6.45) is 10.3. The van der Waals surface area contributed by atoms with E-state index in [1.54, 1.807) is 0 Å². The lowest BCUT2D eigenvalue weighted by molar-refractivity contribution is 0.0437. The van der Waals surface area contributed by atoms with E-state index in [4.69, 9.17) is 0 Å². The van der Waals surface area contributed by atoms with Crippen molar-refractivity contribution in [3.05, 3.63) is 35.9 Å². The topological polar surface area (TPSA) is 20.3 Å². The van der Waals surface area contributed by atoms with Gasteiger partial charge in [0.2, 0.25) is 0 Å². The van der Waals surface area contributed by atoms with Crippen molar-refractivity contribution in [1.82, 2.24) is 4.90 Å². The summed E-state index contributed by atoms with van der Waals surface area (Å²) in [5.74, 6) is 0.287. The van der Waals surface area contributed by atoms with Gasteiger partial charge in [0.25, 0.3) is 5.91 Å². The van der Waals surface area contributed by atoms with Crippen LogP contribution < -0.4 is 0 Å². The van der Waals surface area contributed by atoms with E-state index in [1.165, 1.54) is 51.4 Å². The molecule has 4 rings (SSSR count). The molecule has 2 nitrogen and oxygen atoms in total. The lowest BCUT2D eigenvalue weighted by Crippen LogP contribution is -2.60. The third-order valence-corrected chi connectivity index (χ3v) is 7.45. The van der Waals surface area contributed by atoms with Gasteiger partial charge in [-0.05, 0) is 37.8 Å². The van der Waals surface area contributed by atoms with Gasteiger partial charge >= 0.3 is 0 Å². The van der Waals surface area contributed by atoms with Crippen molar-refractivity contribution in [3.8, 4) is 0 Å². The minimum atomic E-state index is 0.287. The molecule has 1 aromatic carbocycles. The smallest absolute Gasteiger partial charge is 0.254 e. The van der Waals surface area contributed by atoms with Crippen molar-refractivity contribution < 1.29 is 4.79 Å². The van der Waals surface area contributed by atoms with Crippen LogP contribution in [0.25, 0.3) is 0 Å². The van der Waals surface area contributed by atoms with E-state index >= 15 is 0 Å². The first-order valence-electron chi connectivity index (χ1n) is 8.88. The van der Waals surface area contributed by atoms with Crippen LogP contribution in [0.3, 0.4) is 0 Å². The molecule has 1 aromatic rings. The van der Waals surface area contributed by atoms with Gasteiger partial charge in [0.15, 0.2) is 0 Å². The van der Waals surface area contributed by atoms with Crippen LogP contribution in [-0.4, -0.2) is 33.4 Å². The highest BCUT2D eigenvalue weighted by Gasteiger charge is 2.46. The predicted molar refractivity (Wildman–Crippen MR) is 92.3 cm³/mol. The fraction of sp³-hybridized carbons (Fsp3) is 0.632. The normalized spacial score (nSPS) is 34.6. The molecule has 1 heterocycles. The minimum Gasteiger partial charge on any atom is -0.330 e. The monoisotopic (exact) mass is 315 g/mol. The maximum atomic E-state index is 13.2. The van der Waals surface area contributed by atoms with Gasteiger partial charge in [-0.25, -0.2) is 0 Å². The number of nitrogens with zero attached hydrogens (tertiary/aromatic N) is 1. The van der Waals surface area contributed by atoms with E-state index in [0.29, 0.717) is 22.6 Å². The Balaban J connectivity index is 1.67. The van der Waals surface area contributed by atoms with Gasteiger partial charge in [0.1, 0.15) is 0 Å². The van der Waals surface area contributed by atoms with Crippen LogP contribution in [0.1, 0.15) is 61.7 Å². The first-order chi connectivity index (χ1) is 10.8. The Morgan fingerprint density at radius 2 is 1.41 bits per heavy atom. The highest BCUT2D eigenvalue weighted by molar-refractivity contribution is 8.00. The fourth-order valence-corrected chi connectivity index (χ4v) is 6.56. The summed E-state index contributed by atoms with van der Waals surface area (Å²) in [6, 6.07) is 10.9. The van der Waals surface area contributed by atoms with Crippen LogP contribution in [0.2, 0.25) is 0 Å². The molecule has 22 heavy (non-hydrogen) atoms. The molecule has 0 aromatic heterocycles. The standard InChI is InChI=1S/C19H25NOS/c21-19(14-8-2-1-3-9-14)20-15-10-4-6-12-17(15)22-18-13-7-5-11-16(18)20/h1-3,8-9,15-18H,4-7,10-13H2/t15-,16+,17+,18-. The first kappa shape index (κ1) is 14.6. The Hall–Kier alpha value is -0.960. The van der Waals surface area contributed by atoms with Crippen LogP contribution in [-0.2, 0) is 0 Å². The SMILES string of the molecule is O=C(c1ccccc1)N1[C@@H]2CCCC[C@@H]2S[C@@H]2CCCC[C@@H]21. The number of benzene rings is 1. The van der Waals surface area contributed by atoms with Gasteiger partial charge < -0.3 is 4.90 Å². The zero-order chi connectivity index (χ0) is 14.9. The zero-order valence-corrected chi connectivity index (χ0v) is 13.9. The molecule has 3 fully saturated rings. The predicted octanol–water partition coefficient (Wildman–Crippen LogP) is 4.50. The molecule has 4 atom stereocenters. The Morgan fingerprint density at radius 3 is 2.00 bits per heavy atom. The second-order valence-corrected chi connectivity index (χ2v) is 8.48. The third-order valence-electron chi connectivity index (χ3n) is 5.65. The van der Waals surface area contributed by atoms with Gasteiger partial charge in [-0.3, -0.25) is 4.79 Å². The quantitative estimate of drug-likeness (QED) is 0.760. The van der Waals surface area contributed by atoms with Crippen molar-refractivity contribution in [2.24, 2.45) is 0 Å². The minimum absolute atomic E-state index is 0.287. The Morgan fingerprint density at radius 1 is 0.864 bits per heavy atom. The lowest BCUT2D eigenvalue weighted by atomic mass is 9.86. The van der Waals surface area contributed by atoms with Gasteiger partial charge in [0.05, 0.1) is 0 Å². The summed E-state index contributed by atoms with van der Waals surface area (Å²) in [5.41, 5.74) is 0.878. The number of rotatable bonds is 1. The van der Waals surface area contributed by atoms with Crippen LogP contribution in [0.5, 0.6) is 0 Å². The molecule has 1 saturated heterocycles. The summed E-state index contributed by atoms with van der Waals surface area (Å²) in [6.45, 7) is 0. The number of carbonyl (C=O) groups excluding carboxylic acids is 1. The van der Waals surface area contributed by atoms with E-state index in [-0.39, 0.29) is 5.91 Å². The van der Waals surface area contributed by atoms with E-state index in [9.17, 15) is 4.79 Å². The van der Waals surface area contributed by atoms with Crippen LogP contribution >= 0.6 is 11.8 Å². The number of fused-ring (bicyclic) bond motifs is 2. The van der Waals surface area contributed by atoms with Crippen molar-refractivity contribution in [3.63, 3.8) is 0 Å². The maximum Gasteiger partial charge on any atom is 0.254 e. The van der Waals surface area contributed by atoms with Crippen molar-refractivity contribution in [1.29, 1.82) is 0 Å². The second kappa shape index (κ2) is 6.27. The maximum absolute atomic E-state index is 13.2. The molecule has 2 aliphatic carbocycles. The summed E-state index contributed by atoms with van der Waals surface area (Å²) in [4.78, 5) is 15.6. The van der Waals surface area contributed by atoms with Gasteiger partial charge in [0, 0.05) is 28.1 Å². The van der Waals surface area contributed by atoms with E-state index in [1.807, 2.05) is 30.3 Å². The third kappa shape index (κ3) is 2.58. The number of thioether (sulfide) groups is 1. The van der Waals surface area contributed by atoms with Crippen molar-refractivity contribution in [2.45, 2.75) is 74.0 Å². The molecule has 1 aliphatic heterocycles. The van der Waals surface area contributed by atoms with Crippen LogP contribution in [0.4, 0.5) is 0 Å². The van der Waals surface area contributed by atoms with Crippen LogP contribution in [0.15, 0.2) is 30.3 Å². The molecule has 0 radical (unpaired) electrons. The Labute approximate surface area is 137 Å². The molecule has 0 bridgehead atoms. The number of carbonyl (C=O) groups is 1. The highest BCUT2D eigenvalue weighted by atomic mass is 32.2. The zero-order valence-electron chi connectivity index (χ0n) is 13.1. The highest BCUT2D eigenvalue weighted by Crippen LogP contribution is 2.46. The van der Waals surface area contributed by atoms with Crippen LogP contribution in [0, 0.1) is 0 Å². The molecule has 0 N–H and O–H groups in total. The molecular formula is C19H25NOS. The number of hydrogen-bond acceptors (Lipinski definition) is 2. The number of amides is 1. The van der Waals surface area contributed by atoms with Gasteiger partial charge in [-0.2, -0.15) is 11.8 Å². The summed E-state index contributed by atoms with van der Waals surface area (Å²) in [7, 11) is 0. The largest absolute Gasteiger partial charge is 0.330 e. The fourth-order valence-electron chi connectivity index (χ4n) is 4.61. The average Bonchev–Trinajstić information content (AvgIpc) is 2.60. The Kier molecular flexibility index (Phi) is 4.17. The van der Waals surface area contributed by atoms with Gasteiger partial charge in [-0.15, -0.1) is 0 Å². The first-order valence-corrected chi connectivity index (χ1v) is 9.82. The molecular weight excluding hydrogens is 290 g/mol. The lowest BCUT2D eigenvalue weighted by Gasteiger charge is -2.53. The van der Waals surface area contributed by atoms with Crippen molar-refractivity contribution in [2.75, 3.05) is 0 Å². The van der Waals surface area contributed by atoms with E-state index < -0.39 is 0 Å². The molecule has 2 saturated carbocycles. The van der Waals surface area contributed by atoms with E-state index in [2.05, 4.69) is 16.7 Å². The molecule has 1 amide bonds. The van der Waals surface area contributed by atoms with Crippen molar-refractivity contribution >= 4 is 17.7 Å². The second-order valence-electron chi connectivity index (χ2n) is 7.00. The molecule has 118 valence electrons. The van der Waals surface area contributed by atoms with E-state index in [0.717, 1.165) is 5.56 Å². The summed E-state index contributed by atoms with van der Waals surface area (Å²) < 4.78 is 0. The molecule has 0 unspecified atom stereocenters. The summed E-state index contributed by atoms with van der Waals surface area (Å²) >= 11 is 2.22. The molecule has 0 spiro atoms. The van der Waals surface area contributed by atoms with Gasteiger partial charge in [-0.1, -0.05) is 43.9 Å². The summed E-state index contributed by atoms with van der Waals surface area (Å²) in [5, 5.41) is 1.36. The number of hydrogen-bond donors (Lipinski definition) is 0. The molecule has 3 aliphatic rings. The molecule has 3 heteroatoms.